The lowest BCUT2D eigenvalue weighted by atomic mass is 9.84. The third kappa shape index (κ3) is 7.67. The summed E-state index contributed by atoms with van der Waals surface area (Å²) in [5.74, 6) is 0.0285. The number of Topliss-reactive ketones (excluding diaryl/α,β-unsaturated/α-hetero) is 1. The minimum atomic E-state index is -0.449. The number of methoxy groups -OCH3 is 2. The molecule has 1 amide bonds. The van der Waals surface area contributed by atoms with Gasteiger partial charge in [0.2, 0.25) is 5.91 Å². The van der Waals surface area contributed by atoms with E-state index >= 15 is 0 Å². The number of unbranched alkanes of at least 4 members (excludes halogenated alkanes) is 2. The van der Waals surface area contributed by atoms with Crippen LogP contribution in [0, 0.1) is 0 Å². The number of anilines is 1. The van der Waals surface area contributed by atoms with Gasteiger partial charge in [0.25, 0.3) is 0 Å². The van der Waals surface area contributed by atoms with Crippen LogP contribution in [0.3, 0.4) is 0 Å². The van der Waals surface area contributed by atoms with Crippen molar-refractivity contribution in [2.45, 2.75) is 84.5 Å². The molecule has 196 valence electrons. The number of benzene rings is 2. The van der Waals surface area contributed by atoms with E-state index in [4.69, 9.17) is 9.47 Å². The number of esters is 1. The van der Waals surface area contributed by atoms with E-state index in [0.29, 0.717) is 29.0 Å². The van der Waals surface area contributed by atoms with Crippen molar-refractivity contribution >= 4 is 23.3 Å². The van der Waals surface area contributed by atoms with Gasteiger partial charge in [-0.1, -0.05) is 72.1 Å². The maximum absolute atomic E-state index is 13.4. The molecule has 6 heteroatoms. The van der Waals surface area contributed by atoms with E-state index in [1.165, 1.54) is 7.11 Å². The number of amides is 1. The predicted octanol–water partition coefficient (Wildman–Crippen LogP) is 7.06. The molecule has 0 aromatic heterocycles. The highest BCUT2D eigenvalue weighted by Gasteiger charge is 2.24. The fourth-order valence-corrected chi connectivity index (χ4v) is 4.41. The van der Waals surface area contributed by atoms with Crippen molar-refractivity contribution in [2.24, 2.45) is 0 Å². The number of ketones is 1. The predicted molar refractivity (Wildman–Crippen MR) is 144 cm³/mol. The minimum absolute atomic E-state index is 0.0559. The molecule has 6 nitrogen and oxygen atoms in total. The molecule has 0 aliphatic heterocycles. The molecular formula is C30H41NO5. The minimum Gasteiger partial charge on any atom is -0.496 e. The van der Waals surface area contributed by atoms with Crippen LogP contribution < -0.4 is 10.1 Å². The van der Waals surface area contributed by atoms with Crippen LogP contribution in [0.15, 0.2) is 36.4 Å². The van der Waals surface area contributed by atoms with E-state index in [0.717, 1.165) is 36.8 Å². The monoisotopic (exact) mass is 495 g/mol. The Bertz CT molecular complexity index is 1070. The Morgan fingerprint density at radius 1 is 0.944 bits per heavy atom. The number of carbonyl (C=O) groups is 3. The van der Waals surface area contributed by atoms with Crippen molar-refractivity contribution in [3.05, 3.63) is 58.7 Å². The zero-order valence-electron chi connectivity index (χ0n) is 22.8. The van der Waals surface area contributed by atoms with Crippen LogP contribution in [0.1, 0.15) is 111 Å². The number of hydrogen-bond acceptors (Lipinski definition) is 5. The topological polar surface area (TPSA) is 81.7 Å². The van der Waals surface area contributed by atoms with E-state index in [1.54, 1.807) is 25.3 Å². The normalized spacial score (nSPS) is 12.1. The van der Waals surface area contributed by atoms with Crippen LogP contribution in [0.2, 0.25) is 0 Å². The number of nitrogens with one attached hydrogen (secondary N) is 1. The molecule has 0 aliphatic rings. The van der Waals surface area contributed by atoms with Crippen molar-refractivity contribution in [1.82, 2.24) is 0 Å². The number of carbonyl (C=O) groups excluding carboxylic acids is 3. The number of hydrogen-bond donors (Lipinski definition) is 1. The maximum Gasteiger partial charge on any atom is 0.337 e. The summed E-state index contributed by atoms with van der Waals surface area (Å²) in [5.41, 5.74) is 3.24. The second-order valence-electron chi connectivity index (χ2n) is 10.2. The Morgan fingerprint density at radius 3 is 2.22 bits per heavy atom. The highest BCUT2D eigenvalue weighted by molar-refractivity contribution is 5.97. The van der Waals surface area contributed by atoms with Gasteiger partial charge in [0.05, 0.1) is 19.8 Å². The summed E-state index contributed by atoms with van der Waals surface area (Å²) < 4.78 is 10.5. The Balaban J connectivity index is 2.38. The van der Waals surface area contributed by atoms with Gasteiger partial charge in [0.1, 0.15) is 5.75 Å². The van der Waals surface area contributed by atoms with E-state index in [9.17, 15) is 14.4 Å². The van der Waals surface area contributed by atoms with E-state index in [-0.39, 0.29) is 29.4 Å². The first-order chi connectivity index (χ1) is 17.0. The van der Waals surface area contributed by atoms with Gasteiger partial charge in [0.15, 0.2) is 5.78 Å². The van der Waals surface area contributed by atoms with Gasteiger partial charge in [0, 0.05) is 24.1 Å². The average Bonchev–Trinajstić information content (AvgIpc) is 2.86. The molecule has 2 aromatic rings. The summed E-state index contributed by atoms with van der Waals surface area (Å²) in [6.45, 7) is 10.2. The standard InChI is InChI=1S/C30H41NO5/c1-8-10-11-12-20(23-15-13-21(26(32)9-2)18-27(23)35-6)19-28(33)31-25-17-22(29(34)36-7)14-16-24(25)30(3,4)5/h13-18,20H,8-12,19H2,1-7H3,(H,31,33). The maximum atomic E-state index is 13.4. The molecule has 1 atom stereocenters. The van der Waals surface area contributed by atoms with Crippen LogP contribution in [0.25, 0.3) is 0 Å². The Hall–Kier alpha value is -3.15. The smallest absolute Gasteiger partial charge is 0.337 e. The third-order valence-corrected chi connectivity index (χ3v) is 6.43. The summed E-state index contributed by atoms with van der Waals surface area (Å²) in [7, 11) is 2.93. The molecule has 0 bridgehead atoms. The first kappa shape index (κ1) is 29.1. The second kappa shape index (κ2) is 13.2. The van der Waals surface area contributed by atoms with Crippen molar-refractivity contribution in [3.8, 4) is 5.75 Å². The highest BCUT2D eigenvalue weighted by Crippen LogP contribution is 2.36. The Kier molecular flexibility index (Phi) is 10.7. The first-order valence-electron chi connectivity index (χ1n) is 12.8. The van der Waals surface area contributed by atoms with Gasteiger partial charge in [-0.15, -0.1) is 0 Å². The molecule has 1 unspecified atom stereocenters. The molecule has 0 radical (unpaired) electrons. The molecule has 0 saturated heterocycles. The summed E-state index contributed by atoms with van der Waals surface area (Å²) in [5, 5.41) is 3.06. The molecule has 0 heterocycles. The van der Waals surface area contributed by atoms with Crippen LogP contribution in [0.4, 0.5) is 5.69 Å². The lowest BCUT2D eigenvalue weighted by molar-refractivity contribution is -0.116. The van der Waals surface area contributed by atoms with Crippen LogP contribution in [0.5, 0.6) is 5.75 Å². The molecule has 0 spiro atoms. The zero-order chi connectivity index (χ0) is 26.9. The van der Waals surface area contributed by atoms with E-state index in [2.05, 4.69) is 33.0 Å². The molecule has 0 aliphatic carbocycles. The fourth-order valence-electron chi connectivity index (χ4n) is 4.41. The van der Waals surface area contributed by atoms with Crippen molar-refractivity contribution in [1.29, 1.82) is 0 Å². The van der Waals surface area contributed by atoms with E-state index < -0.39 is 5.97 Å². The summed E-state index contributed by atoms with van der Waals surface area (Å²) >= 11 is 0. The largest absolute Gasteiger partial charge is 0.496 e. The summed E-state index contributed by atoms with van der Waals surface area (Å²) in [6.07, 6.45) is 4.64. The van der Waals surface area contributed by atoms with Gasteiger partial charge in [-0.3, -0.25) is 9.59 Å². The third-order valence-electron chi connectivity index (χ3n) is 6.43. The van der Waals surface area contributed by atoms with Gasteiger partial charge in [-0.25, -0.2) is 4.79 Å². The molecule has 36 heavy (non-hydrogen) atoms. The average molecular weight is 496 g/mol. The van der Waals surface area contributed by atoms with Crippen molar-refractivity contribution < 1.29 is 23.9 Å². The first-order valence-corrected chi connectivity index (χ1v) is 12.8. The molecule has 0 saturated carbocycles. The Labute approximate surface area is 215 Å². The van der Waals surface area contributed by atoms with Crippen LogP contribution >= 0.6 is 0 Å². The summed E-state index contributed by atoms with van der Waals surface area (Å²) in [4.78, 5) is 37.7. The summed E-state index contributed by atoms with van der Waals surface area (Å²) in [6, 6.07) is 10.8. The van der Waals surface area contributed by atoms with Crippen LogP contribution in [-0.2, 0) is 14.9 Å². The number of rotatable bonds is 12. The lowest BCUT2D eigenvalue weighted by Crippen LogP contribution is -2.21. The van der Waals surface area contributed by atoms with Gasteiger partial charge < -0.3 is 14.8 Å². The van der Waals surface area contributed by atoms with Crippen LogP contribution in [-0.4, -0.2) is 31.9 Å². The zero-order valence-corrected chi connectivity index (χ0v) is 22.8. The second-order valence-corrected chi connectivity index (χ2v) is 10.2. The molecule has 2 aromatic carbocycles. The SMILES string of the molecule is CCCCCC(CC(=O)Nc1cc(C(=O)OC)ccc1C(C)(C)C)c1ccc(C(=O)CC)cc1OC. The highest BCUT2D eigenvalue weighted by atomic mass is 16.5. The fraction of sp³-hybridized carbons (Fsp3) is 0.500. The molecule has 1 N–H and O–H groups in total. The Morgan fingerprint density at radius 2 is 1.64 bits per heavy atom. The molecule has 2 rings (SSSR count). The molecular weight excluding hydrogens is 454 g/mol. The van der Waals surface area contributed by atoms with Gasteiger partial charge in [-0.2, -0.15) is 0 Å². The van der Waals surface area contributed by atoms with E-state index in [1.807, 2.05) is 25.1 Å². The van der Waals surface area contributed by atoms with Gasteiger partial charge in [-0.05, 0) is 47.1 Å². The molecule has 0 fully saturated rings. The van der Waals surface area contributed by atoms with Gasteiger partial charge >= 0.3 is 5.97 Å². The van der Waals surface area contributed by atoms with Crippen molar-refractivity contribution in [2.75, 3.05) is 19.5 Å². The number of ether oxygens (including phenoxy) is 2. The lowest BCUT2D eigenvalue weighted by Gasteiger charge is -2.25. The van der Waals surface area contributed by atoms with Crippen molar-refractivity contribution in [3.63, 3.8) is 0 Å². The quantitative estimate of drug-likeness (QED) is 0.194.